The smallest absolute Gasteiger partial charge is 0.0247 e. The number of rotatable bonds is 3. The average molecular weight is 224 g/mol. The molecule has 2 unspecified atom stereocenters. The van der Waals surface area contributed by atoms with E-state index in [4.69, 9.17) is 0 Å². The summed E-state index contributed by atoms with van der Waals surface area (Å²) in [6.07, 6.45) is 2.03. The van der Waals surface area contributed by atoms with Gasteiger partial charge in [-0.15, -0.1) is 6.58 Å². The zero-order chi connectivity index (χ0) is 12.3. The molecule has 0 saturated carbocycles. The van der Waals surface area contributed by atoms with Gasteiger partial charge in [-0.05, 0) is 11.3 Å². The van der Waals surface area contributed by atoms with Crippen molar-refractivity contribution in [1.29, 1.82) is 0 Å². The molecule has 2 atom stereocenters. The van der Waals surface area contributed by atoms with E-state index in [-0.39, 0.29) is 0 Å². The zero-order valence-electron chi connectivity index (χ0n) is 11.6. The first-order valence-electron chi connectivity index (χ1n) is 6.44. The predicted molar refractivity (Wildman–Crippen MR) is 71.6 cm³/mol. The third-order valence-corrected chi connectivity index (χ3v) is 3.64. The van der Waals surface area contributed by atoms with E-state index in [1.165, 1.54) is 0 Å². The number of nitrogens with zero attached hydrogens (tertiary/aromatic N) is 1. The fraction of sp³-hybridized carbons (Fsp3) is 0.857. The lowest BCUT2D eigenvalue weighted by Crippen LogP contribution is -2.61. The number of hydrogen-bond acceptors (Lipinski definition) is 2. The third kappa shape index (κ3) is 3.33. The SMILES string of the molecule is C=CCN1CC(C(C)(C)C)NCC1C(C)C. The van der Waals surface area contributed by atoms with Crippen molar-refractivity contribution in [3.8, 4) is 0 Å². The van der Waals surface area contributed by atoms with Gasteiger partial charge >= 0.3 is 0 Å². The largest absolute Gasteiger partial charge is 0.311 e. The van der Waals surface area contributed by atoms with Gasteiger partial charge in [0.15, 0.2) is 0 Å². The average Bonchev–Trinajstić information content (AvgIpc) is 2.16. The van der Waals surface area contributed by atoms with Crippen molar-refractivity contribution in [3.05, 3.63) is 12.7 Å². The quantitative estimate of drug-likeness (QED) is 0.741. The van der Waals surface area contributed by atoms with Gasteiger partial charge in [-0.1, -0.05) is 40.7 Å². The van der Waals surface area contributed by atoms with Crippen LogP contribution in [0, 0.1) is 11.3 Å². The van der Waals surface area contributed by atoms with Gasteiger partial charge in [-0.3, -0.25) is 4.90 Å². The van der Waals surface area contributed by atoms with Crippen molar-refractivity contribution < 1.29 is 0 Å². The molecule has 1 rings (SSSR count). The molecule has 0 aliphatic carbocycles. The summed E-state index contributed by atoms with van der Waals surface area (Å²) >= 11 is 0. The van der Waals surface area contributed by atoms with E-state index in [0.717, 1.165) is 19.6 Å². The summed E-state index contributed by atoms with van der Waals surface area (Å²) in [4.78, 5) is 2.57. The second kappa shape index (κ2) is 5.33. The van der Waals surface area contributed by atoms with Crippen LogP contribution < -0.4 is 5.32 Å². The molecule has 1 heterocycles. The molecule has 1 N–H and O–H groups in total. The van der Waals surface area contributed by atoms with Crippen LogP contribution in [-0.2, 0) is 0 Å². The highest BCUT2D eigenvalue weighted by Gasteiger charge is 2.34. The molecule has 94 valence electrons. The highest BCUT2D eigenvalue weighted by molar-refractivity contribution is 4.94. The van der Waals surface area contributed by atoms with Crippen molar-refractivity contribution in [2.75, 3.05) is 19.6 Å². The van der Waals surface area contributed by atoms with Gasteiger partial charge in [0, 0.05) is 31.7 Å². The minimum absolute atomic E-state index is 0.335. The third-order valence-electron chi connectivity index (χ3n) is 3.64. The maximum absolute atomic E-state index is 3.87. The molecule has 1 saturated heterocycles. The van der Waals surface area contributed by atoms with Gasteiger partial charge < -0.3 is 5.32 Å². The van der Waals surface area contributed by atoms with E-state index in [2.05, 4.69) is 51.4 Å². The molecule has 0 radical (unpaired) electrons. The maximum atomic E-state index is 3.87. The lowest BCUT2D eigenvalue weighted by Gasteiger charge is -2.46. The second-order valence-corrected chi connectivity index (χ2v) is 6.38. The van der Waals surface area contributed by atoms with E-state index >= 15 is 0 Å². The van der Waals surface area contributed by atoms with E-state index < -0.39 is 0 Å². The van der Waals surface area contributed by atoms with E-state index in [1.807, 2.05) is 6.08 Å². The topological polar surface area (TPSA) is 15.3 Å². The van der Waals surface area contributed by atoms with Gasteiger partial charge in [0.1, 0.15) is 0 Å². The highest BCUT2D eigenvalue weighted by Crippen LogP contribution is 2.25. The minimum Gasteiger partial charge on any atom is -0.311 e. The summed E-state index contributed by atoms with van der Waals surface area (Å²) in [6.45, 7) is 18.7. The summed E-state index contributed by atoms with van der Waals surface area (Å²) in [7, 11) is 0. The molecule has 16 heavy (non-hydrogen) atoms. The van der Waals surface area contributed by atoms with Crippen molar-refractivity contribution >= 4 is 0 Å². The Kier molecular flexibility index (Phi) is 4.57. The molecule has 1 aliphatic heterocycles. The second-order valence-electron chi connectivity index (χ2n) is 6.38. The first kappa shape index (κ1) is 13.7. The van der Waals surface area contributed by atoms with Crippen LogP contribution in [0.4, 0.5) is 0 Å². The van der Waals surface area contributed by atoms with Crippen LogP contribution in [0.1, 0.15) is 34.6 Å². The molecule has 2 heteroatoms. The van der Waals surface area contributed by atoms with Gasteiger partial charge in [0.25, 0.3) is 0 Å². The molecule has 0 aromatic heterocycles. The summed E-state index contributed by atoms with van der Waals surface area (Å²) in [5.41, 5.74) is 0.335. The first-order valence-corrected chi connectivity index (χ1v) is 6.44. The summed E-state index contributed by atoms with van der Waals surface area (Å²) in [6, 6.07) is 1.24. The number of hydrogen-bond donors (Lipinski definition) is 1. The van der Waals surface area contributed by atoms with Crippen molar-refractivity contribution in [2.24, 2.45) is 11.3 Å². The molecule has 0 bridgehead atoms. The van der Waals surface area contributed by atoms with Gasteiger partial charge in [0.05, 0.1) is 0 Å². The molecular formula is C14H28N2. The van der Waals surface area contributed by atoms with Gasteiger partial charge in [-0.25, -0.2) is 0 Å². The van der Waals surface area contributed by atoms with Crippen LogP contribution in [0.2, 0.25) is 0 Å². The number of nitrogens with one attached hydrogen (secondary N) is 1. The Morgan fingerprint density at radius 1 is 1.44 bits per heavy atom. The molecule has 2 nitrogen and oxygen atoms in total. The van der Waals surface area contributed by atoms with E-state index in [1.54, 1.807) is 0 Å². The standard InChI is InChI=1S/C14H28N2/c1-7-8-16-10-13(14(4,5)6)15-9-12(16)11(2)3/h7,11-13,15H,1,8-10H2,2-6H3. The van der Waals surface area contributed by atoms with Crippen LogP contribution in [0.15, 0.2) is 12.7 Å². The summed E-state index contributed by atoms with van der Waals surface area (Å²) in [5.74, 6) is 0.702. The molecule has 1 aliphatic rings. The monoisotopic (exact) mass is 224 g/mol. The molecule has 0 spiro atoms. The zero-order valence-corrected chi connectivity index (χ0v) is 11.6. The highest BCUT2D eigenvalue weighted by atomic mass is 15.2. The Hall–Kier alpha value is -0.340. The molecule has 0 aromatic carbocycles. The van der Waals surface area contributed by atoms with Crippen molar-refractivity contribution in [1.82, 2.24) is 10.2 Å². The van der Waals surface area contributed by atoms with Crippen LogP contribution in [0.3, 0.4) is 0 Å². The maximum Gasteiger partial charge on any atom is 0.0247 e. The lowest BCUT2D eigenvalue weighted by atomic mass is 9.83. The molecule has 0 aromatic rings. The Bertz CT molecular complexity index is 227. The first-order chi connectivity index (χ1) is 7.36. The van der Waals surface area contributed by atoms with Crippen LogP contribution >= 0.6 is 0 Å². The fourth-order valence-electron chi connectivity index (χ4n) is 2.44. The van der Waals surface area contributed by atoms with Crippen LogP contribution in [0.25, 0.3) is 0 Å². The Morgan fingerprint density at radius 2 is 2.06 bits per heavy atom. The van der Waals surface area contributed by atoms with Crippen molar-refractivity contribution in [3.63, 3.8) is 0 Å². The van der Waals surface area contributed by atoms with E-state index in [9.17, 15) is 0 Å². The summed E-state index contributed by atoms with van der Waals surface area (Å²) < 4.78 is 0. The van der Waals surface area contributed by atoms with E-state index in [0.29, 0.717) is 23.4 Å². The molecule has 1 fully saturated rings. The van der Waals surface area contributed by atoms with Crippen LogP contribution in [-0.4, -0.2) is 36.6 Å². The van der Waals surface area contributed by atoms with Gasteiger partial charge in [0.2, 0.25) is 0 Å². The van der Waals surface area contributed by atoms with Gasteiger partial charge in [-0.2, -0.15) is 0 Å². The van der Waals surface area contributed by atoms with Crippen molar-refractivity contribution in [2.45, 2.75) is 46.7 Å². The molecule has 0 amide bonds. The number of piperazine rings is 1. The normalized spacial score (nSPS) is 28.4. The Morgan fingerprint density at radius 3 is 2.50 bits per heavy atom. The fourth-order valence-corrected chi connectivity index (χ4v) is 2.44. The molecular weight excluding hydrogens is 196 g/mol. The van der Waals surface area contributed by atoms with Crippen LogP contribution in [0.5, 0.6) is 0 Å². The minimum atomic E-state index is 0.335. The predicted octanol–water partition coefficient (Wildman–Crippen LogP) is 2.52. The lowest BCUT2D eigenvalue weighted by molar-refractivity contribution is 0.0731. The Labute approximate surface area is 101 Å². The summed E-state index contributed by atoms with van der Waals surface area (Å²) in [5, 5.41) is 3.70. The Balaban J connectivity index is 2.68.